The monoisotopic (exact) mass is 297 g/mol. The van der Waals surface area contributed by atoms with Crippen molar-refractivity contribution in [3.05, 3.63) is 46.0 Å². The molecule has 0 aliphatic carbocycles. The van der Waals surface area contributed by atoms with Gasteiger partial charge in [-0.15, -0.1) is 0 Å². The second-order valence-corrected chi connectivity index (χ2v) is 4.65. The molecule has 0 aliphatic heterocycles. The maximum atomic E-state index is 13.5. The Bertz CT molecular complexity index is 650. The molecular formula is C13H13ClFN3O2. The SMILES string of the molecule is Cc1nn(C)c(C(=O)OCc2c(F)cccc2Cl)c1N. The van der Waals surface area contributed by atoms with Crippen molar-refractivity contribution < 1.29 is 13.9 Å². The summed E-state index contributed by atoms with van der Waals surface area (Å²) in [5.41, 5.74) is 6.79. The van der Waals surface area contributed by atoms with Gasteiger partial charge < -0.3 is 10.5 Å². The van der Waals surface area contributed by atoms with Crippen LogP contribution in [-0.4, -0.2) is 15.7 Å². The first-order chi connectivity index (χ1) is 9.41. The number of halogens is 2. The Labute approximate surface area is 120 Å². The van der Waals surface area contributed by atoms with Gasteiger partial charge in [0.25, 0.3) is 0 Å². The number of anilines is 1. The van der Waals surface area contributed by atoms with Gasteiger partial charge in [-0.25, -0.2) is 9.18 Å². The molecule has 0 saturated heterocycles. The maximum Gasteiger partial charge on any atom is 0.359 e. The zero-order chi connectivity index (χ0) is 14.9. The Kier molecular flexibility index (Phi) is 3.94. The van der Waals surface area contributed by atoms with Gasteiger partial charge in [-0.05, 0) is 19.1 Å². The van der Waals surface area contributed by atoms with Gasteiger partial charge in [-0.3, -0.25) is 4.68 Å². The van der Waals surface area contributed by atoms with E-state index < -0.39 is 11.8 Å². The number of aryl methyl sites for hydroxylation is 2. The van der Waals surface area contributed by atoms with E-state index in [0.717, 1.165) is 0 Å². The molecule has 2 aromatic rings. The van der Waals surface area contributed by atoms with E-state index in [1.54, 1.807) is 14.0 Å². The smallest absolute Gasteiger partial charge is 0.359 e. The highest BCUT2D eigenvalue weighted by Gasteiger charge is 2.20. The third-order valence-corrected chi connectivity index (χ3v) is 3.23. The molecule has 1 aromatic carbocycles. The van der Waals surface area contributed by atoms with Gasteiger partial charge in [-0.2, -0.15) is 5.10 Å². The Hall–Kier alpha value is -2.08. The second-order valence-electron chi connectivity index (χ2n) is 4.25. The normalized spacial score (nSPS) is 10.6. The summed E-state index contributed by atoms with van der Waals surface area (Å²) >= 11 is 5.85. The van der Waals surface area contributed by atoms with E-state index in [1.165, 1.54) is 22.9 Å². The van der Waals surface area contributed by atoms with Crippen molar-refractivity contribution in [1.29, 1.82) is 0 Å². The first kappa shape index (κ1) is 14.3. The summed E-state index contributed by atoms with van der Waals surface area (Å²) in [6, 6.07) is 4.25. The number of benzene rings is 1. The van der Waals surface area contributed by atoms with Crippen molar-refractivity contribution in [2.24, 2.45) is 7.05 Å². The maximum absolute atomic E-state index is 13.5. The molecule has 2 rings (SSSR count). The van der Waals surface area contributed by atoms with Crippen molar-refractivity contribution >= 4 is 23.3 Å². The Balaban J connectivity index is 2.17. The van der Waals surface area contributed by atoms with Crippen LogP contribution < -0.4 is 5.73 Å². The van der Waals surface area contributed by atoms with Crippen LogP contribution in [0.5, 0.6) is 0 Å². The molecule has 0 amide bonds. The number of rotatable bonds is 3. The number of nitrogen functional groups attached to an aromatic ring is 1. The molecule has 0 fully saturated rings. The summed E-state index contributed by atoms with van der Waals surface area (Å²) in [6.07, 6.45) is 0. The van der Waals surface area contributed by atoms with E-state index in [1.807, 2.05) is 0 Å². The van der Waals surface area contributed by atoms with Crippen LogP contribution in [0.25, 0.3) is 0 Å². The van der Waals surface area contributed by atoms with E-state index in [4.69, 9.17) is 22.1 Å². The first-order valence-corrected chi connectivity index (χ1v) is 6.18. The van der Waals surface area contributed by atoms with Crippen LogP contribution >= 0.6 is 11.6 Å². The number of carbonyl (C=O) groups excluding carboxylic acids is 1. The number of nitrogens with two attached hydrogens (primary N) is 1. The highest BCUT2D eigenvalue weighted by atomic mass is 35.5. The zero-order valence-corrected chi connectivity index (χ0v) is 11.7. The zero-order valence-electron chi connectivity index (χ0n) is 11.0. The lowest BCUT2D eigenvalue weighted by molar-refractivity contribution is 0.0457. The van der Waals surface area contributed by atoms with E-state index in [9.17, 15) is 9.18 Å². The minimum Gasteiger partial charge on any atom is -0.456 e. The van der Waals surface area contributed by atoms with Crippen LogP contribution in [0.2, 0.25) is 5.02 Å². The second kappa shape index (κ2) is 5.50. The number of hydrogen-bond donors (Lipinski definition) is 1. The molecule has 1 heterocycles. The minimum atomic E-state index is -0.676. The molecule has 0 saturated carbocycles. The molecule has 7 heteroatoms. The molecule has 0 spiro atoms. The van der Waals surface area contributed by atoms with Crippen LogP contribution in [0, 0.1) is 12.7 Å². The van der Waals surface area contributed by atoms with Gasteiger partial charge in [0.1, 0.15) is 12.4 Å². The molecular weight excluding hydrogens is 285 g/mol. The highest BCUT2D eigenvalue weighted by molar-refractivity contribution is 6.31. The quantitative estimate of drug-likeness (QED) is 0.884. The first-order valence-electron chi connectivity index (χ1n) is 5.81. The van der Waals surface area contributed by atoms with E-state index in [2.05, 4.69) is 5.10 Å². The number of aromatic nitrogens is 2. The van der Waals surface area contributed by atoms with Crippen LogP contribution in [0.15, 0.2) is 18.2 Å². The number of ether oxygens (including phenoxy) is 1. The van der Waals surface area contributed by atoms with Crippen LogP contribution in [0.3, 0.4) is 0 Å². The largest absolute Gasteiger partial charge is 0.456 e. The van der Waals surface area contributed by atoms with E-state index in [-0.39, 0.29) is 28.6 Å². The van der Waals surface area contributed by atoms with Crippen LogP contribution in [-0.2, 0) is 18.4 Å². The Morgan fingerprint density at radius 3 is 2.80 bits per heavy atom. The fourth-order valence-electron chi connectivity index (χ4n) is 1.79. The fraction of sp³-hybridized carbons (Fsp3) is 0.231. The lowest BCUT2D eigenvalue weighted by Crippen LogP contribution is -2.13. The fourth-order valence-corrected chi connectivity index (χ4v) is 2.01. The molecule has 1 aromatic heterocycles. The minimum absolute atomic E-state index is 0.125. The third kappa shape index (κ3) is 2.60. The van der Waals surface area contributed by atoms with Gasteiger partial charge >= 0.3 is 5.97 Å². The van der Waals surface area contributed by atoms with Gasteiger partial charge in [0.2, 0.25) is 0 Å². The summed E-state index contributed by atoms with van der Waals surface area (Å²) < 4.78 is 19.9. The summed E-state index contributed by atoms with van der Waals surface area (Å²) in [5.74, 6) is -1.20. The third-order valence-electron chi connectivity index (χ3n) is 2.87. The van der Waals surface area contributed by atoms with Crippen molar-refractivity contribution in [3.63, 3.8) is 0 Å². The van der Waals surface area contributed by atoms with Crippen molar-refractivity contribution in [2.45, 2.75) is 13.5 Å². The molecule has 5 nitrogen and oxygen atoms in total. The van der Waals surface area contributed by atoms with Gasteiger partial charge in [0.05, 0.1) is 16.4 Å². The number of esters is 1. The van der Waals surface area contributed by atoms with Crippen LogP contribution in [0.1, 0.15) is 21.7 Å². The number of carbonyl (C=O) groups is 1. The van der Waals surface area contributed by atoms with Crippen molar-refractivity contribution in [3.8, 4) is 0 Å². The average molecular weight is 298 g/mol. The Morgan fingerprint density at radius 2 is 2.25 bits per heavy atom. The topological polar surface area (TPSA) is 70.1 Å². The summed E-state index contributed by atoms with van der Waals surface area (Å²) in [5, 5.41) is 4.21. The average Bonchev–Trinajstić information content (AvgIpc) is 2.62. The van der Waals surface area contributed by atoms with Crippen molar-refractivity contribution in [2.75, 3.05) is 5.73 Å². The predicted octanol–water partition coefficient (Wildman–Crippen LogP) is 2.46. The van der Waals surface area contributed by atoms with Crippen molar-refractivity contribution in [1.82, 2.24) is 9.78 Å². The van der Waals surface area contributed by atoms with E-state index in [0.29, 0.717) is 5.69 Å². The van der Waals surface area contributed by atoms with Gasteiger partial charge in [0, 0.05) is 12.6 Å². The molecule has 0 aliphatic rings. The Morgan fingerprint density at radius 1 is 1.55 bits per heavy atom. The highest BCUT2D eigenvalue weighted by Crippen LogP contribution is 2.21. The van der Waals surface area contributed by atoms with Crippen LogP contribution in [0.4, 0.5) is 10.1 Å². The van der Waals surface area contributed by atoms with Gasteiger partial charge in [-0.1, -0.05) is 17.7 Å². The van der Waals surface area contributed by atoms with Gasteiger partial charge in [0.15, 0.2) is 5.69 Å². The molecule has 0 radical (unpaired) electrons. The number of hydrogen-bond acceptors (Lipinski definition) is 4. The summed E-state index contributed by atoms with van der Waals surface area (Å²) in [4.78, 5) is 12.0. The molecule has 20 heavy (non-hydrogen) atoms. The standard InChI is InChI=1S/C13H13ClFN3O2/c1-7-11(16)12(18(2)17-7)13(19)20-6-8-9(14)4-3-5-10(8)15/h3-5H,6,16H2,1-2H3. The summed E-state index contributed by atoms with van der Waals surface area (Å²) in [6.45, 7) is 1.41. The lowest BCUT2D eigenvalue weighted by Gasteiger charge is -2.08. The summed E-state index contributed by atoms with van der Waals surface area (Å²) in [7, 11) is 1.58. The molecule has 0 bridgehead atoms. The lowest BCUT2D eigenvalue weighted by atomic mass is 10.2. The van der Waals surface area contributed by atoms with E-state index >= 15 is 0 Å². The molecule has 106 valence electrons. The molecule has 0 unspecified atom stereocenters. The number of nitrogens with zero attached hydrogens (tertiary/aromatic N) is 2. The molecule has 2 N–H and O–H groups in total. The molecule has 0 atom stereocenters. The predicted molar refractivity (Wildman–Crippen MR) is 72.9 cm³/mol.